The van der Waals surface area contributed by atoms with E-state index in [0.29, 0.717) is 27.8 Å². The fraction of sp³-hybridized carbons (Fsp3) is 0.176. The van der Waals surface area contributed by atoms with E-state index < -0.39 is 0 Å². The molecular formula is C17H13Cl2N3OS. The van der Waals surface area contributed by atoms with Crippen molar-refractivity contribution in [3.05, 3.63) is 63.6 Å². The molecular weight excluding hydrogens is 365 g/mol. The summed E-state index contributed by atoms with van der Waals surface area (Å²) in [4.78, 5) is 14.4. The maximum absolute atomic E-state index is 12.6. The predicted molar refractivity (Wildman–Crippen MR) is 98.5 cm³/mol. The molecule has 0 saturated carbocycles. The number of halogens is 2. The second kappa shape index (κ2) is 7.35. The lowest BCUT2D eigenvalue weighted by atomic mass is 10.2. The first kappa shape index (κ1) is 17.0. The van der Waals surface area contributed by atoms with Crippen LogP contribution in [0, 0.1) is 11.3 Å². The Labute approximate surface area is 154 Å². The summed E-state index contributed by atoms with van der Waals surface area (Å²) in [6.07, 6.45) is 0. The highest BCUT2D eigenvalue weighted by atomic mass is 35.5. The molecule has 1 unspecified atom stereocenters. The van der Waals surface area contributed by atoms with Gasteiger partial charge in [-0.15, -0.1) is 11.8 Å². The van der Waals surface area contributed by atoms with Crippen molar-refractivity contribution in [1.29, 1.82) is 5.26 Å². The van der Waals surface area contributed by atoms with E-state index in [1.807, 2.05) is 6.07 Å². The number of carbonyl (C=O) groups excluding carboxylic acids is 1. The second-order valence-electron chi connectivity index (χ2n) is 5.21. The molecule has 0 bridgehead atoms. The van der Waals surface area contributed by atoms with Crippen LogP contribution in [0.3, 0.4) is 0 Å². The smallest absolute Gasteiger partial charge is 0.308 e. The Morgan fingerprint density at radius 1 is 1.29 bits per heavy atom. The van der Waals surface area contributed by atoms with Gasteiger partial charge < -0.3 is 10.2 Å². The van der Waals surface area contributed by atoms with Crippen LogP contribution < -0.4 is 5.32 Å². The molecule has 0 radical (unpaired) electrons. The Balaban J connectivity index is 1.79. The van der Waals surface area contributed by atoms with Crippen LogP contribution in [0.2, 0.25) is 10.0 Å². The maximum Gasteiger partial charge on any atom is 0.323 e. The van der Waals surface area contributed by atoms with Gasteiger partial charge in [-0.25, -0.2) is 4.79 Å². The zero-order chi connectivity index (χ0) is 17.1. The van der Waals surface area contributed by atoms with Crippen LogP contribution in [0.1, 0.15) is 16.5 Å². The summed E-state index contributed by atoms with van der Waals surface area (Å²) in [7, 11) is 0. The molecule has 24 heavy (non-hydrogen) atoms. The number of anilines is 1. The summed E-state index contributed by atoms with van der Waals surface area (Å²) >= 11 is 13.9. The van der Waals surface area contributed by atoms with Crippen LogP contribution in [0.25, 0.3) is 0 Å². The molecule has 1 saturated heterocycles. The molecule has 3 rings (SSSR count). The van der Waals surface area contributed by atoms with Crippen molar-refractivity contribution in [2.24, 2.45) is 0 Å². The van der Waals surface area contributed by atoms with Crippen molar-refractivity contribution in [3.63, 3.8) is 0 Å². The summed E-state index contributed by atoms with van der Waals surface area (Å²) in [6.45, 7) is 0.623. The minimum absolute atomic E-state index is 0.158. The molecule has 2 aromatic carbocycles. The first-order chi connectivity index (χ1) is 11.6. The number of nitrogens with one attached hydrogen (secondary N) is 1. The number of rotatable bonds is 2. The Morgan fingerprint density at radius 3 is 2.88 bits per heavy atom. The SMILES string of the molecule is N#Cc1cccc(NC(=O)N2CCSC2c2ccc(Cl)cc2Cl)c1. The molecule has 0 aromatic heterocycles. The minimum Gasteiger partial charge on any atom is -0.308 e. The zero-order valence-corrected chi connectivity index (χ0v) is 14.8. The van der Waals surface area contributed by atoms with Crippen molar-refractivity contribution in [2.45, 2.75) is 5.37 Å². The number of hydrogen-bond donors (Lipinski definition) is 1. The van der Waals surface area contributed by atoms with Gasteiger partial charge in [0.25, 0.3) is 0 Å². The van der Waals surface area contributed by atoms with Gasteiger partial charge in [0.2, 0.25) is 0 Å². The number of urea groups is 1. The normalized spacial score (nSPS) is 16.7. The summed E-state index contributed by atoms with van der Waals surface area (Å²) in [5, 5.41) is 12.7. The van der Waals surface area contributed by atoms with E-state index in [-0.39, 0.29) is 11.4 Å². The number of thioether (sulfide) groups is 1. The van der Waals surface area contributed by atoms with Crippen LogP contribution in [-0.4, -0.2) is 23.2 Å². The van der Waals surface area contributed by atoms with E-state index in [9.17, 15) is 4.79 Å². The van der Waals surface area contributed by atoms with E-state index in [2.05, 4.69) is 11.4 Å². The molecule has 1 fully saturated rings. The van der Waals surface area contributed by atoms with Gasteiger partial charge in [-0.2, -0.15) is 5.26 Å². The number of hydrogen-bond acceptors (Lipinski definition) is 3. The van der Waals surface area contributed by atoms with Crippen molar-refractivity contribution >= 4 is 46.7 Å². The van der Waals surface area contributed by atoms with E-state index >= 15 is 0 Å². The Hall–Kier alpha value is -1.87. The summed E-state index contributed by atoms with van der Waals surface area (Å²) in [5.41, 5.74) is 1.96. The molecule has 122 valence electrons. The van der Waals surface area contributed by atoms with Gasteiger partial charge in [-0.1, -0.05) is 35.3 Å². The van der Waals surface area contributed by atoms with Gasteiger partial charge in [-0.05, 0) is 30.3 Å². The summed E-state index contributed by atoms with van der Waals surface area (Å²) < 4.78 is 0. The van der Waals surface area contributed by atoms with Crippen molar-refractivity contribution in [2.75, 3.05) is 17.6 Å². The van der Waals surface area contributed by atoms with E-state index in [4.69, 9.17) is 28.5 Å². The number of amides is 2. The van der Waals surface area contributed by atoms with Gasteiger partial charge >= 0.3 is 6.03 Å². The first-order valence-corrected chi connectivity index (χ1v) is 9.03. The quantitative estimate of drug-likeness (QED) is 0.787. The minimum atomic E-state index is -0.217. The third kappa shape index (κ3) is 3.62. The number of nitrogens with zero attached hydrogens (tertiary/aromatic N) is 2. The molecule has 2 aromatic rings. The molecule has 1 atom stereocenters. The highest BCUT2D eigenvalue weighted by Crippen LogP contribution is 2.41. The third-order valence-electron chi connectivity index (χ3n) is 3.62. The average molecular weight is 378 g/mol. The van der Waals surface area contributed by atoms with Crippen molar-refractivity contribution in [1.82, 2.24) is 4.90 Å². The Kier molecular flexibility index (Phi) is 5.20. The molecule has 1 heterocycles. The largest absolute Gasteiger partial charge is 0.323 e. The topological polar surface area (TPSA) is 56.1 Å². The lowest BCUT2D eigenvalue weighted by Crippen LogP contribution is -2.34. The number of benzene rings is 2. The third-order valence-corrected chi connectivity index (χ3v) is 5.43. The standard InChI is InChI=1S/C17H13Cl2N3OS/c18-12-4-5-14(15(19)9-12)16-22(6-7-24-16)17(23)21-13-3-1-2-11(8-13)10-20/h1-5,8-9,16H,6-7H2,(H,21,23). The second-order valence-corrected chi connectivity index (χ2v) is 7.24. The molecule has 0 aliphatic carbocycles. The first-order valence-electron chi connectivity index (χ1n) is 7.23. The van der Waals surface area contributed by atoms with Crippen LogP contribution in [-0.2, 0) is 0 Å². The monoisotopic (exact) mass is 377 g/mol. The molecule has 2 amide bonds. The van der Waals surface area contributed by atoms with Crippen LogP contribution >= 0.6 is 35.0 Å². The average Bonchev–Trinajstić information content (AvgIpc) is 3.04. The fourth-order valence-electron chi connectivity index (χ4n) is 2.50. The van der Waals surface area contributed by atoms with Crippen LogP contribution in [0.4, 0.5) is 10.5 Å². The van der Waals surface area contributed by atoms with E-state index in [0.717, 1.165) is 11.3 Å². The Bertz CT molecular complexity index is 822. The van der Waals surface area contributed by atoms with Gasteiger partial charge in [0.05, 0.1) is 11.6 Å². The Morgan fingerprint density at radius 2 is 2.12 bits per heavy atom. The molecule has 1 aliphatic heterocycles. The lowest BCUT2D eigenvalue weighted by molar-refractivity contribution is 0.214. The summed E-state index contributed by atoms with van der Waals surface area (Å²) in [5.74, 6) is 0.829. The van der Waals surface area contributed by atoms with Crippen LogP contribution in [0.5, 0.6) is 0 Å². The highest BCUT2D eigenvalue weighted by molar-refractivity contribution is 7.99. The number of carbonyl (C=O) groups is 1. The van der Waals surface area contributed by atoms with E-state index in [1.165, 1.54) is 0 Å². The highest BCUT2D eigenvalue weighted by Gasteiger charge is 2.32. The van der Waals surface area contributed by atoms with E-state index in [1.54, 1.807) is 53.1 Å². The molecule has 7 heteroatoms. The van der Waals surface area contributed by atoms with Crippen LogP contribution in [0.15, 0.2) is 42.5 Å². The molecule has 0 spiro atoms. The van der Waals surface area contributed by atoms with Gasteiger partial charge in [0.15, 0.2) is 0 Å². The van der Waals surface area contributed by atoms with Gasteiger partial charge in [-0.3, -0.25) is 0 Å². The summed E-state index contributed by atoms with van der Waals surface area (Å²) in [6, 6.07) is 14.0. The zero-order valence-electron chi connectivity index (χ0n) is 12.5. The van der Waals surface area contributed by atoms with Gasteiger partial charge in [0, 0.05) is 33.6 Å². The molecule has 1 aliphatic rings. The lowest BCUT2D eigenvalue weighted by Gasteiger charge is -2.25. The maximum atomic E-state index is 12.6. The molecule has 1 N–H and O–H groups in total. The molecule has 4 nitrogen and oxygen atoms in total. The van der Waals surface area contributed by atoms with Gasteiger partial charge in [0.1, 0.15) is 5.37 Å². The predicted octanol–water partition coefficient (Wildman–Crippen LogP) is 5.14. The number of nitriles is 1. The van der Waals surface area contributed by atoms with Crippen molar-refractivity contribution in [3.8, 4) is 6.07 Å². The van der Waals surface area contributed by atoms with Crippen molar-refractivity contribution < 1.29 is 4.79 Å². The fourth-order valence-corrected chi connectivity index (χ4v) is 4.37.